The van der Waals surface area contributed by atoms with Crippen LogP contribution in [0.2, 0.25) is 0 Å². The van der Waals surface area contributed by atoms with Crippen LogP contribution < -0.4 is 0 Å². The second kappa shape index (κ2) is 5.96. The zero-order valence-corrected chi connectivity index (χ0v) is 12.3. The molecule has 0 atom stereocenters. The third-order valence-electron chi connectivity index (χ3n) is 2.55. The highest BCUT2D eigenvalue weighted by Gasteiger charge is 2.20. The number of esters is 1. The maximum atomic E-state index is 11.9. The predicted octanol–water partition coefficient (Wildman–Crippen LogP) is 1.12. The number of rotatable bonds is 4. The quantitative estimate of drug-likeness (QED) is 0.616. The summed E-state index contributed by atoms with van der Waals surface area (Å²) in [6, 6.07) is 3.24. The standard InChI is InChI=1S/C13H13N3O4S/c1-3-20-12(17)10-8-15-13(21(2,18)19)16-11(10)9-4-6-14-7-5-9/h4-8H,3H2,1-2H3. The maximum Gasteiger partial charge on any atom is 0.341 e. The number of carbonyl (C=O) groups is 1. The minimum Gasteiger partial charge on any atom is -0.462 e. The fraction of sp³-hybridized carbons (Fsp3) is 0.231. The summed E-state index contributed by atoms with van der Waals surface area (Å²) in [5.74, 6) is -0.607. The van der Waals surface area contributed by atoms with Gasteiger partial charge in [0.25, 0.3) is 0 Å². The van der Waals surface area contributed by atoms with Gasteiger partial charge in [-0.2, -0.15) is 0 Å². The molecule has 2 heterocycles. The van der Waals surface area contributed by atoms with Crippen molar-refractivity contribution < 1.29 is 17.9 Å². The highest BCUT2D eigenvalue weighted by atomic mass is 32.2. The van der Waals surface area contributed by atoms with Crippen molar-refractivity contribution in [3.05, 3.63) is 36.3 Å². The van der Waals surface area contributed by atoms with Crippen LogP contribution in [0.25, 0.3) is 11.3 Å². The molecule has 0 saturated carbocycles. The molecule has 0 saturated heterocycles. The molecule has 2 aromatic rings. The zero-order chi connectivity index (χ0) is 15.5. The lowest BCUT2D eigenvalue weighted by atomic mass is 10.1. The number of nitrogens with zero attached hydrogens (tertiary/aromatic N) is 3. The second-order valence-corrected chi connectivity index (χ2v) is 6.05. The second-order valence-electron chi connectivity index (χ2n) is 4.14. The molecule has 0 aliphatic carbocycles. The van der Waals surface area contributed by atoms with Gasteiger partial charge in [0.2, 0.25) is 15.0 Å². The first kappa shape index (κ1) is 15.0. The third-order valence-corrected chi connectivity index (χ3v) is 3.41. The minimum atomic E-state index is -3.58. The molecule has 8 heteroatoms. The fourth-order valence-electron chi connectivity index (χ4n) is 1.63. The van der Waals surface area contributed by atoms with Crippen LogP contribution in [0.5, 0.6) is 0 Å². The van der Waals surface area contributed by atoms with E-state index in [0.717, 1.165) is 12.5 Å². The van der Waals surface area contributed by atoms with Gasteiger partial charge in [-0.05, 0) is 19.1 Å². The Morgan fingerprint density at radius 2 is 1.95 bits per heavy atom. The summed E-state index contributed by atoms with van der Waals surface area (Å²) in [5.41, 5.74) is 0.863. The number of aromatic nitrogens is 3. The van der Waals surface area contributed by atoms with E-state index in [9.17, 15) is 13.2 Å². The highest BCUT2D eigenvalue weighted by Crippen LogP contribution is 2.22. The van der Waals surface area contributed by atoms with E-state index < -0.39 is 15.8 Å². The fourth-order valence-corrected chi connectivity index (χ4v) is 2.13. The van der Waals surface area contributed by atoms with Crippen molar-refractivity contribution in [2.24, 2.45) is 0 Å². The van der Waals surface area contributed by atoms with Crippen molar-refractivity contribution in [1.82, 2.24) is 15.0 Å². The monoisotopic (exact) mass is 307 g/mol. The lowest BCUT2D eigenvalue weighted by molar-refractivity contribution is 0.0526. The molecule has 0 bridgehead atoms. The number of carbonyl (C=O) groups excluding carboxylic acids is 1. The average Bonchev–Trinajstić information content (AvgIpc) is 2.47. The molecule has 0 radical (unpaired) electrons. The number of hydrogen-bond acceptors (Lipinski definition) is 7. The van der Waals surface area contributed by atoms with Crippen LogP contribution in [0.3, 0.4) is 0 Å². The largest absolute Gasteiger partial charge is 0.462 e. The van der Waals surface area contributed by atoms with Crippen molar-refractivity contribution in [2.45, 2.75) is 12.1 Å². The SMILES string of the molecule is CCOC(=O)c1cnc(S(C)(=O)=O)nc1-c1ccncc1. The van der Waals surface area contributed by atoms with Crippen LogP contribution in [0.15, 0.2) is 35.9 Å². The molecule has 0 aliphatic heterocycles. The molecule has 2 aromatic heterocycles. The van der Waals surface area contributed by atoms with Crippen LogP contribution in [0.4, 0.5) is 0 Å². The number of hydrogen-bond donors (Lipinski definition) is 0. The molecule has 0 amide bonds. The lowest BCUT2D eigenvalue weighted by Crippen LogP contribution is -2.12. The third kappa shape index (κ3) is 3.40. The molecule has 0 spiro atoms. The van der Waals surface area contributed by atoms with Gasteiger partial charge in [0.15, 0.2) is 0 Å². The molecular weight excluding hydrogens is 294 g/mol. The molecule has 0 aliphatic rings. The first-order chi connectivity index (χ1) is 9.93. The van der Waals surface area contributed by atoms with E-state index in [-0.39, 0.29) is 23.0 Å². The summed E-state index contributed by atoms with van der Waals surface area (Å²) in [4.78, 5) is 23.5. The van der Waals surface area contributed by atoms with Crippen LogP contribution in [-0.2, 0) is 14.6 Å². The van der Waals surface area contributed by atoms with E-state index in [0.29, 0.717) is 5.56 Å². The van der Waals surface area contributed by atoms with E-state index >= 15 is 0 Å². The van der Waals surface area contributed by atoms with Gasteiger partial charge in [-0.1, -0.05) is 0 Å². The van der Waals surface area contributed by atoms with Crippen molar-refractivity contribution in [3.8, 4) is 11.3 Å². The number of ether oxygens (including phenoxy) is 1. The summed E-state index contributed by atoms with van der Waals surface area (Å²) in [5, 5.41) is -0.345. The Kier molecular flexibility index (Phi) is 4.27. The molecule has 0 aromatic carbocycles. The van der Waals surface area contributed by atoms with Gasteiger partial charge < -0.3 is 4.74 Å². The Hall–Kier alpha value is -2.35. The van der Waals surface area contributed by atoms with Crippen molar-refractivity contribution in [1.29, 1.82) is 0 Å². The van der Waals surface area contributed by atoms with Crippen LogP contribution in [0, 0.1) is 0 Å². The average molecular weight is 307 g/mol. The zero-order valence-electron chi connectivity index (χ0n) is 11.5. The van der Waals surface area contributed by atoms with E-state index in [2.05, 4.69) is 15.0 Å². The number of sulfone groups is 1. The minimum absolute atomic E-state index is 0.107. The predicted molar refractivity (Wildman–Crippen MR) is 74.3 cm³/mol. The number of pyridine rings is 1. The first-order valence-corrected chi connectivity index (χ1v) is 7.97. The van der Waals surface area contributed by atoms with Crippen molar-refractivity contribution in [3.63, 3.8) is 0 Å². The van der Waals surface area contributed by atoms with Crippen LogP contribution >= 0.6 is 0 Å². The van der Waals surface area contributed by atoms with Crippen molar-refractivity contribution >= 4 is 15.8 Å². The molecule has 2 rings (SSSR count). The summed E-state index contributed by atoms with van der Waals surface area (Å²) in [6.07, 6.45) is 5.21. The Balaban J connectivity index is 2.64. The molecular formula is C13H13N3O4S. The highest BCUT2D eigenvalue weighted by molar-refractivity contribution is 7.90. The van der Waals surface area contributed by atoms with Gasteiger partial charge in [-0.15, -0.1) is 0 Å². The Morgan fingerprint density at radius 1 is 1.29 bits per heavy atom. The van der Waals surface area contributed by atoms with E-state index in [1.807, 2.05) is 0 Å². The molecule has 7 nitrogen and oxygen atoms in total. The molecule has 0 fully saturated rings. The van der Waals surface area contributed by atoms with Gasteiger partial charge in [-0.3, -0.25) is 4.98 Å². The summed E-state index contributed by atoms with van der Waals surface area (Å²) < 4.78 is 28.1. The van der Waals surface area contributed by atoms with Crippen LogP contribution in [0.1, 0.15) is 17.3 Å². The van der Waals surface area contributed by atoms with Gasteiger partial charge in [0.05, 0.1) is 12.3 Å². The van der Waals surface area contributed by atoms with E-state index in [4.69, 9.17) is 4.74 Å². The Morgan fingerprint density at radius 3 is 2.52 bits per heavy atom. The smallest absolute Gasteiger partial charge is 0.341 e. The van der Waals surface area contributed by atoms with Crippen LogP contribution in [-0.4, -0.2) is 42.2 Å². The maximum absolute atomic E-state index is 11.9. The molecule has 0 unspecified atom stereocenters. The van der Waals surface area contributed by atoms with Gasteiger partial charge in [0, 0.05) is 30.4 Å². The topological polar surface area (TPSA) is 99.1 Å². The lowest BCUT2D eigenvalue weighted by Gasteiger charge is -2.09. The van der Waals surface area contributed by atoms with Crippen molar-refractivity contribution in [2.75, 3.05) is 12.9 Å². The molecule has 110 valence electrons. The molecule has 21 heavy (non-hydrogen) atoms. The Bertz CT molecular complexity index is 760. The van der Waals surface area contributed by atoms with E-state index in [1.165, 1.54) is 12.4 Å². The summed E-state index contributed by atoms with van der Waals surface area (Å²) >= 11 is 0. The normalized spacial score (nSPS) is 11.1. The van der Waals surface area contributed by atoms with E-state index in [1.54, 1.807) is 19.1 Å². The summed E-state index contributed by atoms with van der Waals surface area (Å²) in [6.45, 7) is 1.87. The first-order valence-electron chi connectivity index (χ1n) is 6.08. The Labute approximate surface area is 122 Å². The van der Waals surface area contributed by atoms with Gasteiger partial charge >= 0.3 is 5.97 Å². The summed E-state index contributed by atoms with van der Waals surface area (Å²) in [7, 11) is -3.58. The van der Waals surface area contributed by atoms with Gasteiger partial charge in [-0.25, -0.2) is 23.2 Å². The molecule has 0 N–H and O–H groups in total. The van der Waals surface area contributed by atoms with Gasteiger partial charge in [0.1, 0.15) is 5.56 Å².